The van der Waals surface area contributed by atoms with Crippen LogP contribution in [-0.2, 0) is 0 Å². The summed E-state index contributed by atoms with van der Waals surface area (Å²) >= 11 is 4.92. The van der Waals surface area contributed by atoms with Crippen LogP contribution >= 0.6 is 12.6 Å². The van der Waals surface area contributed by atoms with Crippen molar-refractivity contribution in [3.8, 4) is 0 Å². The minimum atomic E-state index is 0.296. The molecule has 0 aliphatic carbocycles. The fourth-order valence-electron chi connectivity index (χ4n) is 0.402. The standard InChI is InChI=1S/C6H11S/c1-3-5-6(7)4-2/h4,6H,2-3,5H2,1H3. The van der Waals surface area contributed by atoms with Crippen LogP contribution in [0.1, 0.15) is 19.8 Å². The third kappa shape index (κ3) is 3.93. The molecular weight excluding hydrogens is 104 g/mol. The molecule has 0 aromatic carbocycles. The summed E-state index contributed by atoms with van der Waals surface area (Å²) in [6, 6.07) is 0. The van der Waals surface area contributed by atoms with Gasteiger partial charge in [-0.25, -0.2) is 0 Å². The highest BCUT2D eigenvalue weighted by Gasteiger charge is 1.91. The lowest BCUT2D eigenvalue weighted by Crippen LogP contribution is -1.88. The molecule has 0 N–H and O–H groups in total. The van der Waals surface area contributed by atoms with Crippen molar-refractivity contribution in [2.45, 2.75) is 25.0 Å². The summed E-state index contributed by atoms with van der Waals surface area (Å²) in [5, 5.41) is 0.296. The first-order chi connectivity index (χ1) is 3.31. The molecule has 0 rings (SSSR count). The molecule has 1 unspecified atom stereocenters. The van der Waals surface area contributed by atoms with Crippen LogP contribution in [0.15, 0.2) is 12.7 Å². The topological polar surface area (TPSA) is 0 Å². The smallest absolute Gasteiger partial charge is 0.0328 e. The maximum atomic E-state index is 4.92. The van der Waals surface area contributed by atoms with Crippen molar-refractivity contribution in [1.82, 2.24) is 0 Å². The fraction of sp³-hybridized carbons (Fsp3) is 0.667. The maximum Gasteiger partial charge on any atom is 0.0328 e. The van der Waals surface area contributed by atoms with Crippen molar-refractivity contribution in [3.63, 3.8) is 0 Å². The SMILES string of the molecule is C=CC([S])CCC. The van der Waals surface area contributed by atoms with Crippen LogP contribution in [0, 0.1) is 0 Å². The zero-order valence-electron chi connectivity index (χ0n) is 4.68. The predicted molar refractivity (Wildman–Crippen MR) is 36.5 cm³/mol. The van der Waals surface area contributed by atoms with E-state index in [-0.39, 0.29) is 0 Å². The average molecular weight is 115 g/mol. The molecule has 0 aromatic rings. The maximum absolute atomic E-state index is 4.92. The van der Waals surface area contributed by atoms with Crippen molar-refractivity contribution in [3.05, 3.63) is 12.7 Å². The summed E-state index contributed by atoms with van der Waals surface area (Å²) in [6.45, 7) is 5.70. The summed E-state index contributed by atoms with van der Waals surface area (Å²) in [7, 11) is 0. The Morgan fingerprint density at radius 3 is 2.57 bits per heavy atom. The largest absolute Gasteiger partial charge is 0.102 e. The van der Waals surface area contributed by atoms with E-state index in [1.54, 1.807) is 0 Å². The molecule has 0 nitrogen and oxygen atoms in total. The molecule has 0 bridgehead atoms. The summed E-state index contributed by atoms with van der Waals surface area (Å²) < 4.78 is 0. The summed E-state index contributed by atoms with van der Waals surface area (Å²) in [5.41, 5.74) is 0. The highest BCUT2D eigenvalue weighted by atomic mass is 32.1. The Balaban J connectivity index is 2.98. The van der Waals surface area contributed by atoms with Crippen molar-refractivity contribution < 1.29 is 0 Å². The quantitative estimate of drug-likeness (QED) is 0.496. The molecule has 0 spiro atoms. The van der Waals surface area contributed by atoms with Crippen LogP contribution in [0.3, 0.4) is 0 Å². The molecule has 0 aliphatic heterocycles. The summed E-state index contributed by atoms with van der Waals surface area (Å²) in [6.07, 6.45) is 4.08. The first-order valence-electron chi connectivity index (χ1n) is 2.59. The van der Waals surface area contributed by atoms with E-state index < -0.39 is 0 Å². The monoisotopic (exact) mass is 115 g/mol. The lowest BCUT2D eigenvalue weighted by atomic mass is 10.2. The van der Waals surface area contributed by atoms with Crippen molar-refractivity contribution >= 4 is 12.6 Å². The molecule has 0 amide bonds. The molecule has 0 saturated carbocycles. The van der Waals surface area contributed by atoms with Gasteiger partial charge in [0.25, 0.3) is 0 Å². The van der Waals surface area contributed by atoms with Crippen LogP contribution in [0.4, 0.5) is 0 Å². The lowest BCUT2D eigenvalue weighted by molar-refractivity contribution is 0.832. The Labute approximate surface area is 51.0 Å². The van der Waals surface area contributed by atoms with Gasteiger partial charge in [-0.05, 0) is 6.42 Å². The Morgan fingerprint density at radius 1 is 1.86 bits per heavy atom. The minimum Gasteiger partial charge on any atom is -0.102 e. The van der Waals surface area contributed by atoms with E-state index >= 15 is 0 Å². The van der Waals surface area contributed by atoms with E-state index in [0.717, 1.165) is 6.42 Å². The highest BCUT2D eigenvalue weighted by Crippen LogP contribution is 2.03. The number of rotatable bonds is 3. The van der Waals surface area contributed by atoms with Gasteiger partial charge in [0.1, 0.15) is 0 Å². The van der Waals surface area contributed by atoms with Crippen LogP contribution in [0.25, 0.3) is 0 Å². The van der Waals surface area contributed by atoms with Gasteiger partial charge in [0, 0.05) is 5.25 Å². The molecule has 1 radical (unpaired) electrons. The van der Waals surface area contributed by atoms with Gasteiger partial charge >= 0.3 is 0 Å². The molecule has 0 fully saturated rings. The van der Waals surface area contributed by atoms with Gasteiger partial charge in [-0.2, -0.15) is 0 Å². The van der Waals surface area contributed by atoms with Gasteiger partial charge in [-0.1, -0.05) is 32.0 Å². The molecule has 0 heterocycles. The Kier molecular flexibility index (Phi) is 4.31. The Bertz CT molecular complexity index is 50.1. The first kappa shape index (κ1) is 7.09. The second-order valence-electron chi connectivity index (χ2n) is 1.56. The highest BCUT2D eigenvalue weighted by molar-refractivity contribution is 7.81. The Morgan fingerprint density at radius 2 is 2.43 bits per heavy atom. The van der Waals surface area contributed by atoms with E-state index in [9.17, 15) is 0 Å². The normalized spacial score (nSPS) is 13.4. The first-order valence-corrected chi connectivity index (χ1v) is 3.06. The number of hydrogen-bond acceptors (Lipinski definition) is 0. The van der Waals surface area contributed by atoms with Gasteiger partial charge in [0.05, 0.1) is 0 Å². The van der Waals surface area contributed by atoms with E-state index in [1.165, 1.54) is 6.42 Å². The Hall–Kier alpha value is 0.0900. The average Bonchev–Trinajstić information content (AvgIpc) is 1.68. The fourth-order valence-corrected chi connectivity index (χ4v) is 0.638. The predicted octanol–water partition coefficient (Wildman–Crippen LogP) is 2.54. The molecule has 7 heavy (non-hydrogen) atoms. The van der Waals surface area contributed by atoms with E-state index in [2.05, 4.69) is 13.5 Å². The van der Waals surface area contributed by atoms with E-state index in [0.29, 0.717) is 5.25 Å². The third-order valence-corrected chi connectivity index (χ3v) is 1.26. The van der Waals surface area contributed by atoms with Crippen molar-refractivity contribution in [2.24, 2.45) is 0 Å². The second-order valence-corrected chi connectivity index (χ2v) is 2.17. The van der Waals surface area contributed by atoms with E-state index in [4.69, 9.17) is 12.6 Å². The van der Waals surface area contributed by atoms with Crippen LogP contribution in [-0.4, -0.2) is 5.25 Å². The number of hydrogen-bond donors (Lipinski definition) is 0. The van der Waals surface area contributed by atoms with Crippen molar-refractivity contribution in [2.75, 3.05) is 0 Å². The van der Waals surface area contributed by atoms with Gasteiger partial charge < -0.3 is 0 Å². The molecule has 41 valence electrons. The molecule has 0 saturated heterocycles. The lowest BCUT2D eigenvalue weighted by Gasteiger charge is -1.96. The zero-order chi connectivity index (χ0) is 5.70. The van der Waals surface area contributed by atoms with E-state index in [1.807, 2.05) is 6.08 Å². The van der Waals surface area contributed by atoms with Gasteiger partial charge in [0.15, 0.2) is 0 Å². The summed E-state index contributed by atoms with van der Waals surface area (Å²) in [4.78, 5) is 0. The van der Waals surface area contributed by atoms with Gasteiger partial charge in [-0.3, -0.25) is 0 Å². The van der Waals surface area contributed by atoms with Crippen LogP contribution in [0.5, 0.6) is 0 Å². The van der Waals surface area contributed by atoms with Gasteiger partial charge in [-0.15, -0.1) is 6.58 Å². The molecule has 1 heteroatoms. The molecule has 0 aliphatic rings. The van der Waals surface area contributed by atoms with Crippen LogP contribution < -0.4 is 0 Å². The molecular formula is C6H11S. The molecule has 1 atom stereocenters. The second kappa shape index (κ2) is 4.25. The van der Waals surface area contributed by atoms with Crippen LogP contribution in [0.2, 0.25) is 0 Å². The minimum absolute atomic E-state index is 0.296. The summed E-state index contributed by atoms with van der Waals surface area (Å²) in [5.74, 6) is 0. The van der Waals surface area contributed by atoms with Gasteiger partial charge in [0.2, 0.25) is 0 Å². The zero-order valence-corrected chi connectivity index (χ0v) is 5.50. The van der Waals surface area contributed by atoms with Crippen molar-refractivity contribution in [1.29, 1.82) is 0 Å². The third-order valence-electron chi connectivity index (χ3n) is 0.836. The molecule has 0 aromatic heterocycles.